The zero-order valence-corrected chi connectivity index (χ0v) is 11.1. The van der Waals surface area contributed by atoms with Crippen molar-refractivity contribution in [3.05, 3.63) is 50.3 Å². The fourth-order valence-corrected chi connectivity index (χ4v) is 1.25. The molecule has 10 nitrogen and oxygen atoms in total. The molecule has 0 unspecified atom stereocenters. The number of non-ortho nitro benzene ring substituents is 1. The van der Waals surface area contributed by atoms with Crippen molar-refractivity contribution in [2.75, 3.05) is 12.5 Å². The van der Waals surface area contributed by atoms with Gasteiger partial charge in [-0.2, -0.15) is 5.10 Å². The molecule has 1 aromatic carbocycles. The quantitative estimate of drug-likeness (QED) is 0.278. The first-order valence-electron chi connectivity index (χ1n) is 5.52. The fraction of sp³-hybridized carbons (Fsp3) is 0.0909. The monoisotopic (exact) mass is 312 g/mol. The number of carbonyl (C=O) groups excluding carboxylic acids is 1. The second-order valence-corrected chi connectivity index (χ2v) is 3.64. The Morgan fingerprint density at radius 3 is 2.59 bits per heavy atom. The highest BCUT2D eigenvalue weighted by atomic mass is 19.1. The first kappa shape index (κ1) is 16.7. The van der Waals surface area contributed by atoms with Crippen LogP contribution in [0.15, 0.2) is 35.2 Å². The Balaban J connectivity index is 2.94. The third kappa shape index (κ3) is 4.63. The van der Waals surface area contributed by atoms with Crippen LogP contribution in [0.4, 0.5) is 21.5 Å². The van der Waals surface area contributed by atoms with Crippen LogP contribution in [0, 0.1) is 20.2 Å². The number of anilines is 1. The van der Waals surface area contributed by atoms with Gasteiger partial charge in [0, 0.05) is 6.07 Å². The maximum atomic E-state index is 13.1. The van der Waals surface area contributed by atoms with E-state index in [9.17, 15) is 29.4 Å². The number of allylic oxidation sites excluding steroid dienone is 1. The van der Waals surface area contributed by atoms with Crippen LogP contribution in [0.3, 0.4) is 0 Å². The van der Waals surface area contributed by atoms with Gasteiger partial charge in [-0.15, -0.1) is 0 Å². The smallest absolute Gasteiger partial charge is 0.333 e. The van der Waals surface area contributed by atoms with Crippen LogP contribution in [0.1, 0.15) is 0 Å². The molecule has 22 heavy (non-hydrogen) atoms. The van der Waals surface area contributed by atoms with Gasteiger partial charge in [0.05, 0.1) is 35.3 Å². The zero-order valence-electron chi connectivity index (χ0n) is 11.1. The average molecular weight is 312 g/mol. The highest BCUT2D eigenvalue weighted by Crippen LogP contribution is 2.28. The first-order chi connectivity index (χ1) is 10.3. The Hall–Kier alpha value is -3.37. The van der Waals surface area contributed by atoms with Crippen LogP contribution in [0.5, 0.6) is 0 Å². The van der Waals surface area contributed by atoms with Crippen LogP contribution in [0.2, 0.25) is 0 Å². The second kappa shape index (κ2) is 7.42. The Bertz CT molecular complexity index is 673. The van der Waals surface area contributed by atoms with Gasteiger partial charge in [-0.1, -0.05) is 0 Å². The number of esters is 1. The number of halogens is 1. The number of nitro groups is 2. The molecule has 11 heteroatoms. The molecule has 0 spiro atoms. The summed E-state index contributed by atoms with van der Waals surface area (Å²) >= 11 is 0. The second-order valence-electron chi connectivity index (χ2n) is 3.64. The van der Waals surface area contributed by atoms with Gasteiger partial charge >= 0.3 is 11.7 Å². The lowest BCUT2D eigenvalue weighted by atomic mass is 10.2. The van der Waals surface area contributed by atoms with Crippen molar-refractivity contribution >= 4 is 29.2 Å². The number of benzene rings is 1. The van der Waals surface area contributed by atoms with Gasteiger partial charge in [0.15, 0.2) is 0 Å². The molecule has 0 aromatic heterocycles. The van der Waals surface area contributed by atoms with E-state index in [0.717, 1.165) is 25.3 Å². The van der Waals surface area contributed by atoms with E-state index >= 15 is 0 Å². The summed E-state index contributed by atoms with van der Waals surface area (Å²) in [5.74, 6) is -1.99. The molecule has 0 radical (unpaired) electrons. The lowest BCUT2D eigenvalue weighted by Gasteiger charge is -2.01. The summed E-state index contributed by atoms with van der Waals surface area (Å²) in [5.41, 5.74) is 0.891. The first-order valence-corrected chi connectivity index (χ1v) is 5.52. The van der Waals surface area contributed by atoms with E-state index in [4.69, 9.17) is 0 Å². The van der Waals surface area contributed by atoms with Gasteiger partial charge in [0.1, 0.15) is 11.5 Å². The van der Waals surface area contributed by atoms with Crippen molar-refractivity contribution in [2.45, 2.75) is 0 Å². The molecule has 0 atom stereocenters. The van der Waals surface area contributed by atoms with E-state index in [1.807, 2.05) is 0 Å². The van der Waals surface area contributed by atoms with Crippen LogP contribution in [0.25, 0.3) is 0 Å². The molecule has 0 aliphatic rings. The number of nitro benzene ring substituents is 2. The Kier molecular flexibility index (Phi) is 5.63. The Morgan fingerprint density at radius 2 is 2.05 bits per heavy atom. The SMILES string of the molecule is COC(=O)/C=C(F)\C=N\Nc1ccc([N+](=O)[O-])cc1[N+](=O)[O-]. The average Bonchev–Trinajstić information content (AvgIpc) is 2.46. The summed E-state index contributed by atoms with van der Waals surface area (Å²) in [4.78, 5) is 30.5. The number of carbonyl (C=O) groups is 1. The predicted octanol–water partition coefficient (Wildman–Crippen LogP) is 1.93. The number of nitrogens with one attached hydrogen (secondary N) is 1. The van der Waals surface area contributed by atoms with Crippen molar-refractivity contribution in [1.82, 2.24) is 0 Å². The minimum atomic E-state index is -1.05. The molecule has 0 saturated carbocycles. The fourth-order valence-electron chi connectivity index (χ4n) is 1.25. The van der Waals surface area contributed by atoms with E-state index in [-0.39, 0.29) is 5.69 Å². The molecule has 0 fully saturated rings. The summed E-state index contributed by atoms with van der Waals surface area (Å²) in [7, 11) is 1.06. The lowest BCUT2D eigenvalue weighted by Crippen LogP contribution is -1.99. The molecule has 1 aromatic rings. The highest BCUT2D eigenvalue weighted by molar-refractivity contribution is 5.90. The summed E-state index contributed by atoms with van der Waals surface area (Å²) in [6.45, 7) is 0. The Morgan fingerprint density at radius 1 is 1.36 bits per heavy atom. The van der Waals surface area contributed by atoms with Crippen LogP contribution < -0.4 is 5.43 Å². The molecule has 116 valence electrons. The van der Waals surface area contributed by atoms with Crippen molar-refractivity contribution < 1.29 is 23.8 Å². The van der Waals surface area contributed by atoms with Crippen molar-refractivity contribution in [2.24, 2.45) is 5.10 Å². The van der Waals surface area contributed by atoms with Crippen LogP contribution >= 0.6 is 0 Å². The number of rotatable bonds is 6. The molecular weight excluding hydrogens is 303 g/mol. The third-order valence-corrected chi connectivity index (χ3v) is 2.22. The molecule has 0 amide bonds. The van der Waals surface area contributed by atoms with Crippen molar-refractivity contribution in [3.8, 4) is 0 Å². The minimum absolute atomic E-state index is 0.183. The number of hydrogen-bond acceptors (Lipinski definition) is 8. The van der Waals surface area contributed by atoms with E-state index < -0.39 is 33.0 Å². The summed E-state index contributed by atoms with van der Waals surface area (Å²) in [5, 5.41) is 24.7. The molecule has 0 saturated heterocycles. The molecule has 0 aliphatic carbocycles. The van der Waals surface area contributed by atoms with E-state index in [2.05, 4.69) is 15.3 Å². The molecule has 0 heterocycles. The zero-order chi connectivity index (χ0) is 16.7. The van der Waals surface area contributed by atoms with Gasteiger partial charge < -0.3 is 4.74 Å². The molecule has 0 aliphatic heterocycles. The number of ether oxygens (including phenoxy) is 1. The van der Waals surface area contributed by atoms with Crippen LogP contribution in [-0.2, 0) is 9.53 Å². The van der Waals surface area contributed by atoms with Gasteiger partial charge in [0.2, 0.25) is 0 Å². The Labute approximate surface area is 122 Å². The van der Waals surface area contributed by atoms with Crippen LogP contribution in [-0.4, -0.2) is 29.1 Å². The molecule has 1 rings (SSSR count). The lowest BCUT2D eigenvalue weighted by molar-refractivity contribution is -0.393. The standard InChI is InChI=1S/C11H9FN4O6/c1-22-11(17)4-7(12)6-13-14-9-3-2-8(15(18)19)5-10(9)16(20)21/h2-6,14H,1H3/b7-4+,13-6+. The molecule has 1 N–H and O–H groups in total. The molecule has 0 bridgehead atoms. The maximum absolute atomic E-state index is 13.1. The van der Waals surface area contributed by atoms with E-state index in [1.54, 1.807) is 0 Å². The largest absolute Gasteiger partial charge is 0.466 e. The highest BCUT2D eigenvalue weighted by Gasteiger charge is 2.19. The number of nitrogens with zero attached hydrogens (tertiary/aromatic N) is 3. The maximum Gasteiger partial charge on any atom is 0.333 e. The summed E-state index contributed by atoms with van der Waals surface area (Å²) in [6, 6.07) is 2.81. The van der Waals surface area contributed by atoms with Gasteiger partial charge in [-0.25, -0.2) is 9.18 Å². The molecular formula is C11H9FN4O6. The van der Waals surface area contributed by atoms with Gasteiger partial charge in [0.25, 0.3) is 5.69 Å². The third-order valence-electron chi connectivity index (χ3n) is 2.22. The van der Waals surface area contributed by atoms with E-state index in [0.29, 0.717) is 12.3 Å². The summed E-state index contributed by atoms with van der Waals surface area (Å²) in [6.07, 6.45) is 1.09. The van der Waals surface area contributed by atoms with Gasteiger partial charge in [-0.05, 0) is 6.07 Å². The van der Waals surface area contributed by atoms with Crippen molar-refractivity contribution in [3.63, 3.8) is 0 Å². The summed E-state index contributed by atoms with van der Waals surface area (Å²) < 4.78 is 17.3. The van der Waals surface area contributed by atoms with Gasteiger partial charge in [-0.3, -0.25) is 25.7 Å². The number of hydrogen-bond donors (Lipinski definition) is 1. The van der Waals surface area contributed by atoms with Crippen molar-refractivity contribution in [1.29, 1.82) is 0 Å². The predicted molar refractivity (Wildman–Crippen MR) is 73.1 cm³/mol. The normalized spacial score (nSPS) is 11.3. The topological polar surface area (TPSA) is 137 Å². The number of methoxy groups -OCH3 is 1. The van der Waals surface area contributed by atoms with E-state index in [1.165, 1.54) is 0 Å². The number of hydrazone groups is 1. The minimum Gasteiger partial charge on any atom is -0.466 e.